The highest BCUT2D eigenvalue weighted by molar-refractivity contribution is 5.76. The van der Waals surface area contributed by atoms with Gasteiger partial charge in [-0.1, -0.05) is 12.1 Å². The number of carbonyl (C=O) groups is 2. The lowest BCUT2D eigenvalue weighted by Crippen LogP contribution is -2.49. The van der Waals surface area contributed by atoms with Crippen LogP contribution in [0.1, 0.15) is 6.42 Å². The summed E-state index contributed by atoms with van der Waals surface area (Å²) in [7, 11) is 0. The largest absolute Gasteiger partial charge is 0.490 e. The van der Waals surface area contributed by atoms with Gasteiger partial charge in [0.1, 0.15) is 0 Å². The van der Waals surface area contributed by atoms with Crippen molar-refractivity contribution in [2.45, 2.75) is 18.6 Å². The topological polar surface area (TPSA) is 99.5 Å². The highest BCUT2D eigenvalue weighted by atomic mass is 19.1. The number of ether oxygens (including phenoxy) is 2. The van der Waals surface area contributed by atoms with E-state index < -0.39 is 11.9 Å². The minimum atomic E-state index is -0.542. The maximum absolute atomic E-state index is 13.5. The number of amides is 1. The number of halogens is 1. The second-order valence-corrected chi connectivity index (χ2v) is 6.22. The van der Waals surface area contributed by atoms with Gasteiger partial charge in [0, 0.05) is 26.2 Å². The van der Waals surface area contributed by atoms with Crippen LogP contribution < -0.4 is 4.74 Å². The first kappa shape index (κ1) is 21.1. The second-order valence-electron chi connectivity index (χ2n) is 6.22. The summed E-state index contributed by atoms with van der Waals surface area (Å²) in [5, 5.41) is 17.1. The van der Waals surface area contributed by atoms with Crippen molar-refractivity contribution in [2.75, 3.05) is 46.0 Å². The molecule has 0 saturated carbocycles. The minimum absolute atomic E-state index is 0.0367. The molecule has 0 aromatic heterocycles. The number of para-hydroxylation sites is 1. The smallest absolute Gasteiger partial charge is 0.290 e. The van der Waals surface area contributed by atoms with Gasteiger partial charge in [0.2, 0.25) is 5.91 Å². The Morgan fingerprint density at radius 1 is 1.30 bits per heavy atom. The number of hydrogen-bond donors (Lipinski definition) is 2. The lowest BCUT2D eigenvalue weighted by molar-refractivity contribution is -0.131. The average Bonchev–Trinajstić information content (AvgIpc) is 3.06. The zero-order valence-corrected chi connectivity index (χ0v) is 15.0. The van der Waals surface area contributed by atoms with Gasteiger partial charge >= 0.3 is 0 Å². The molecule has 27 heavy (non-hydrogen) atoms. The van der Waals surface area contributed by atoms with Crippen LogP contribution >= 0.6 is 0 Å². The Balaban J connectivity index is 0.000000817. The van der Waals surface area contributed by atoms with Gasteiger partial charge in [-0.25, -0.2) is 4.39 Å². The Kier molecular flexibility index (Phi) is 8.43. The summed E-state index contributed by atoms with van der Waals surface area (Å²) in [6, 6.07) is 6.09. The first-order chi connectivity index (χ1) is 13.1. The molecular formula is C18H25FN2O6. The summed E-state index contributed by atoms with van der Waals surface area (Å²) in [5.41, 5.74) is 0. The Bertz CT molecular complexity index is 611. The van der Waals surface area contributed by atoms with E-state index in [0.717, 1.165) is 13.1 Å². The summed E-state index contributed by atoms with van der Waals surface area (Å²) in [6.07, 6.45) is -0.379. The van der Waals surface area contributed by atoms with E-state index in [4.69, 9.17) is 19.4 Å². The van der Waals surface area contributed by atoms with E-state index in [1.54, 1.807) is 17.0 Å². The van der Waals surface area contributed by atoms with E-state index in [1.165, 1.54) is 12.1 Å². The molecule has 8 nitrogen and oxygen atoms in total. The van der Waals surface area contributed by atoms with Crippen molar-refractivity contribution in [3.05, 3.63) is 30.1 Å². The van der Waals surface area contributed by atoms with Crippen LogP contribution in [0.15, 0.2) is 24.3 Å². The number of morpholine rings is 1. The van der Waals surface area contributed by atoms with E-state index in [1.807, 2.05) is 0 Å². The first-order valence-corrected chi connectivity index (χ1v) is 8.79. The van der Waals surface area contributed by atoms with Gasteiger partial charge in [-0.05, 0) is 12.1 Å². The van der Waals surface area contributed by atoms with Crippen molar-refractivity contribution >= 4 is 12.4 Å². The Hall–Kier alpha value is -2.23. The molecule has 2 fully saturated rings. The van der Waals surface area contributed by atoms with Crippen LogP contribution in [0.5, 0.6) is 5.75 Å². The van der Waals surface area contributed by atoms with E-state index in [-0.39, 0.29) is 37.2 Å². The van der Waals surface area contributed by atoms with Crippen molar-refractivity contribution in [1.82, 2.24) is 9.80 Å². The fraction of sp³-hybridized carbons (Fsp3) is 0.556. The zero-order chi connectivity index (χ0) is 19.6. The normalized spacial score (nSPS) is 22.7. The summed E-state index contributed by atoms with van der Waals surface area (Å²) in [4.78, 5) is 24.5. The monoisotopic (exact) mass is 384 g/mol. The number of rotatable bonds is 5. The first-order valence-electron chi connectivity index (χ1n) is 8.79. The molecule has 2 aliphatic heterocycles. The molecule has 3 rings (SSSR count). The predicted molar refractivity (Wildman–Crippen MR) is 94.0 cm³/mol. The molecule has 1 aromatic carbocycles. The molecule has 2 N–H and O–H groups in total. The Labute approximate surface area is 157 Å². The third-order valence-electron chi connectivity index (χ3n) is 4.54. The van der Waals surface area contributed by atoms with Crippen LogP contribution in [0.2, 0.25) is 0 Å². The Morgan fingerprint density at radius 3 is 2.63 bits per heavy atom. The van der Waals surface area contributed by atoms with Crippen LogP contribution in [-0.2, 0) is 14.3 Å². The van der Waals surface area contributed by atoms with Crippen LogP contribution in [0, 0.1) is 5.82 Å². The molecule has 2 heterocycles. The fourth-order valence-corrected chi connectivity index (χ4v) is 3.21. The molecule has 2 aliphatic rings. The molecule has 1 aromatic rings. The molecule has 0 aliphatic carbocycles. The van der Waals surface area contributed by atoms with Crippen molar-refractivity contribution in [2.24, 2.45) is 0 Å². The van der Waals surface area contributed by atoms with Gasteiger partial charge in [-0.15, -0.1) is 0 Å². The molecule has 150 valence electrons. The predicted octanol–water partition coefficient (Wildman–Crippen LogP) is 0.199. The standard InChI is InChI=1S/C17H23FN2O4.CH2O2/c18-13-3-1-2-4-16(13)24-8-5-17(22)20-11-14(15(21)12-20)19-6-9-23-10-7-19;2-1-3/h1-4,14-15,21H,5-12H2;1H,(H,2,3)/t14-,15-;/m1./s1. The summed E-state index contributed by atoms with van der Waals surface area (Å²) >= 11 is 0. The third kappa shape index (κ3) is 6.16. The lowest BCUT2D eigenvalue weighted by atomic mass is 10.1. The van der Waals surface area contributed by atoms with Gasteiger partial charge < -0.3 is 24.6 Å². The summed E-state index contributed by atoms with van der Waals surface area (Å²) in [5.74, 6) is -0.368. The minimum Gasteiger partial charge on any atom is -0.490 e. The number of carbonyl (C=O) groups excluding carboxylic acids is 1. The third-order valence-corrected chi connectivity index (χ3v) is 4.54. The second kappa shape index (κ2) is 10.8. The number of benzene rings is 1. The molecule has 1 amide bonds. The number of carboxylic acid groups (broad SMARTS) is 1. The van der Waals surface area contributed by atoms with E-state index in [0.29, 0.717) is 26.3 Å². The molecule has 9 heteroatoms. The molecule has 0 unspecified atom stereocenters. The van der Waals surface area contributed by atoms with Gasteiger partial charge in [-0.2, -0.15) is 0 Å². The highest BCUT2D eigenvalue weighted by Gasteiger charge is 2.37. The van der Waals surface area contributed by atoms with Crippen molar-refractivity contribution < 1.29 is 33.7 Å². The quantitative estimate of drug-likeness (QED) is 0.700. The number of likely N-dealkylation sites (tertiary alicyclic amines) is 1. The van der Waals surface area contributed by atoms with Crippen LogP contribution in [-0.4, -0.2) is 90.5 Å². The van der Waals surface area contributed by atoms with Crippen molar-refractivity contribution in [3.63, 3.8) is 0 Å². The number of aliphatic hydroxyl groups excluding tert-OH is 1. The number of β-amino-alcohol motifs (C(OH)–C–C–N with tert-alkyl or cyclic N) is 1. The molecule has 0 bridgehead atoms. The summed E-state index contributed by atoms with van der Waals surface area (Å²) < 4.78 is 24.1. The number of nitrogens with zero attached hydrogens (tertiary/aromatic N) is 2. The number of aliphatic hydroxyl groups is 1. The van der Waals surface area contributed by atoms with Crippen LogP contribution in [0.25, 0.3) is 0 Å². The molecule has 2 saturated heterocycles. The molecule has 2 atom stereocenters. The highest BCUT2D eigenvalue weighted by Crippen LogP contribution is 2.19. The molecule has 0 spiro atoms. The van der Waals surface area contributed by atoms with Crippen molar-refractivity contribution in [3.8, 4) is 5.75 Å². The van der Waals surface area contributed by atoms with Gasteiger partial charge in [0.25, 0.3) is 6.47 Å². The van der Waals surface area contributed by atoms with E-state index in [9.17, 15) is 14.3 Å². The molecule has 0 radical (unpaired) electrons. The van der Waals surface area contributed by atoms with Crippen LogP contribution in [0.4, 0.5) is 4.39 Å². The van der Waals surface area contributed by atoms with E-state index in [2.05, 4.69) is 4.90 Å². The van der Waals surface area contributed by atoms with Gasteiger partial charge in [-0.3, -0.25) is 14.5 Å². The number of hydrogen-bond acceptors (Lipinski definition) is 6. The van der Waals surface area contributed by atoms with Gasteiger partial charge in [0.15, 0.2) is 11.6 Å². The zero-order valence-electron chi connectivity index (χ0n) is 15.0. The molecular weight excluding hydrogens is 359 g/mol. The van der Waals surface area contributed by atoms with Gasteiger partial charge in [0.05, 0.1) is 38.4 Å². The Morgan fingerprint density at radius 2 is 1.96 bits per heavy atom. The SMILES string of the molecule is O=C(CCOc1ccccc1F)N1C[C@@H](O)[C@H](N2CCOCC2)C1.O=CO. The van der Waals surface area contributed by atoms with E-state index >= 15 is 0 Å². The van der Waals surface area contributed by atoms with Crippen LogP contribution in [0.3, 0.4) is 0 Å². The maximum Gasteiger partial charge on any atom is 0.290 e. The lowest BCUT2D eigenvalue weighted by Gasteiger charge is -2.33. The van der Waals surface area contributed by atoms with Crippen molar-refractivity contribution in [1.29, 1.82) is 0 Å². The maximum atomic E-state index is 13.5. The fourth-order valence-electron chi connectivity index (χ4n) is 3.21. The average molecular weight is 384 g/mol. The summed E-state index contributed by atoms with van der Waals surface area (Å²) in [6.45, 7) is 3.59.